The molecule has 0 amide bonds. The van der Waals surface area contributed by atoms with Crippen LogP contribution in [-0.4, -0.2) is 11.3 Å². The van der Waals surface area contributed by atoms with Crippen molar-refractivity contribution < 1.29 is 0 Å². The lowest BCUT2D eigenvalue weighted by Crippen LogP contribution is -2.19. The summed E-state index contributed by atoms with van der Waals surface area (Å²) in [5.74, 6) is 0.863. The van der Waals surface area contributed by atoms with Gasteiger partial charge in [0, 0.05) is 21.2 Å². The van der Waals surface area contributed by atoms with Gasteiger partial charge in [-0.1, -0.05) is 37.4 Å². The SMILES string of the molecule is CC(N)Cc1ccc(Cl)cc1SC1CCCC(C)C1. The zero-order valence-electron chi connectivity index (χ0n) is 11.9. The minimum atomic E-state index is 0.200. The van der Waals surface area contributed by atoms with Crippen LogP contribution in [0.1, 0.15) is 45.1 Å². The summed E-state index contributed by atoms with van der Waals surface area (Å²) in [5, 5.41) is 1.58. The summed E-state index contributed by atoms with van der Waals surface area (Å²) in [6.07, 6.45) is 6.34. The molecule has 2 rings (SSSR count). The van der Waals surface area contributed by atoms with Gasteiger partial charge in [0.15, 0.2) is 0 Å². The zero-order valence-corrected chi connectivity index (χ0v) is 13.4. The van der Waals surface area contributed by atoms with Gasteiger partial charge in [0.1, 0.15) is 0 Å². The lowest BCUT2D eigenvalue weighted by atomic mass is 9.91. The Bertz CT molecular complexity index is 419. The Morgan fingerprint density at radius 3 is 2.89 bits per heavy atom. The van der Waals surface area contributed by atoms with Gasteiger partial charge in [-0.05, 0) is 49.8 Å². The van der Waals surface area contributed by atoms with Gasteiger partial charge in [0.2, 0.25) is 0 Å². The number of hydrogen-bond acceptors (Lipinski definition) is 2. The van der Waals surface area contributed by atoms with Gasteiger partial charge in [-0.25, -0.2) is 0 Å². The lowest BCUT2D eigenvalue weighted by Gasteiger charge is -2.27. The molecule has 1 aliphatic carbocycles. The van der Waals surface area contributed by atoms with E-state index in [1.54, 1.807) is 0 Å². The molecule has 0 bridgehead atoms. The largest absolute Gasteiger partial charge is 0.328 e. The second kappa shape index (κ2) is 7.01. The fraction of sp³-hybridized carbons (Fsp3) is 0.625. The first kappa shape index (κ1) is 15.2. The number of benzene rings is 1. The van der Waals surface area contributed by atoms with E-state index in [2.05, 4.69) is 26.0 Å². The Morgan fingerprint density at radius 1 is 1.42 bits per heavy atom. The van der Waals surface area contributed by atoms with Gasteiger partial charge < -0.3 is 5.73 Å². The van der Waals surface area contributed by atoms with Gasteiger partial charge >= 0.3 is 0 Å². The summed E-state index contributed by atoms with van der Waals surface area (Å²) in [6, 6.07) is 6.43. The van der Waals surface area contributed by atoms with Gasteiger partial charge in [0.25, 0.3) is 0 Å². The first-order chi connectivity index (χ1) is 9.04. The van der Waals surface area contributed by atoms with Crippen molar-refractivity contribution in [3.8, 4) is 0 Å². The van der Waals surface area contributed by atoms with Crippen LogP contribution in [0.5, 0.6) is 0 Å². The fourth-order valence-corrected chi connectivity index (χ4v) is 4.62. The van der Waals surface area contributed by atoms with Crippen molar-refractivity contribution in [3.63, 3.8) is 0 Å². The molecular weight excluding hydrogens is 274 g/mol. The molecule has 1 aliphatic rings. The van der Waals surface area contributed by atoms with Gasteiger partial charge in [-0.3, -0.25) is 0 Å². The Kier molecular flexibility index (Phi) is 5.61. The summed E-state index contributed by atoms with van der Waals surface area (Å²) in [7, 11) is 0. The first-order valence-corrected chi connectivity index (χ1v) is 8.51. The van der Waals surface area contributed by atoms with Crippen LogP contribution in [0.15, 0.2) is 23.1 Å². The molecule has 0 heterocycles. The van der Waals surface area contributed by atoms with Gasteiger partial charge in [-0.15, -0.1) is 11.8 Å². The van der Waals surface area contributed by atoms with Crippen LogP contribution in [-0.2, 0) is 6.42 Å². The third-order valence-corrected chi connectivity index (χ3v) is 5.38. The van der Waals surface area contributed by atoms with Crippen molar-refractivity contribution in [2.45, 2.75) is 62.1 Å². The number of thioether (sulfide) groups is 1. The van der Waals surface area contributed by atoms with Crippen molar-refractivity contribution in [1.82, 2.24) is 0 Å². The summed E-state index contributed by atoms with van der Waals surface area (Å²) in [6.45, 7) is 4.43. The minimum absolute atomic E-state index is 0.200. The summed E-state index contributed by atoms with van der Waals surface area (Å²) in [5.41, 5.74) is 7.29. The Labute approximate surface area is 126 Å². The number of rotatable bonds is 4. The van der Waals surface area contributed by atoms with Crippen molar-refractivity contribution in [2.75, 3.05) is 0 Å². The van der Waals surface area contributed by atoms with Crippen LogP contribution < -0.4 is 5.73 Å². The third-order valence-electron chi connectivity index (χ3n) is 3.75. The Hall–Kier alpha value is -0.180. The highest BCUT2D eigenvalue weighted by Gasteiger charge is 2.21. The van der Waals surface area contributed by atoms with E-state index >= 15 is 0 Å². The molecule has 0 aliphatic heterocycles. The minimum Gasteiger partial charge on any atom is -0.328 e. The maximum atomic E-state index is 6.16. The highest BCUT2D eigenvalue weighted by atomic mass is 35.5. The van der Waals surface area contributed by atoms with E-state index in [4.69, 9.17) is 17.3 Å². The van der Waals surface area contributed by atoms with E-state index in [9.17, 15) is 0 Å². The first-order valence-electron chi connectivity index (χ1n) is 7.25. The maximum absolute atomic E-state index is 6.16. The average Bonchev–Trinajstić information content (AvgIpc) is 2.32. The molecular formula is C16H24ClNS. The molecule has 106 valence electrons. The predicted molar refractivity (Wildman–Crippen MR) is 86.1 cm³/mol. The molecule has 1 nitrogen and oxygen atoms in total. The van der Waals surface area contributed by atoms with E-state index in [1.165, 1.54) is 36.1 Å². The van der Waals surface area contributed by atoms with E-state index in [0.29, 0.717) is 0 Å². The van der Waals surface area contributed by atoms with Gasteiger partial charge in [-0.2, -0.15) is 0 Å². The van der Waals surface area contributed by atoms with Crippen LogP contribution in [0.3, 0.4) is 0 Å². The fourth-order valence-electron chi connectivity index (χ4n) is 2.82. The van der Waals surface area contributed by atoms with Crippen LogP contribution in [0, 0.1) is 5.92 Å². The molecule has 2 N–H and O–H groups in total. The molecule has 0 saturated heterocycles. The zero-order chi connectivity index (χ0) is 13.8. The quantitative estimate of drug-likeness (QED) is 0.855. The molecule has 3 heteroatoms. The highest BCUT2D eigenvalue weighted by Crippen LogP contribution is 2.38. The van der Waals surface area contributed by atoms with Gasteiger partial charge in [0.05, 0.1) is 0 Å². The Morgan fingerprint density at radius 2 is 2.21 bits per heavy atom. The summed E-state index contributed by atoms with van der Waals surface area (Å²) >= 11 is 8.17. The smallest absolute Gasteiger partial charge is 0.0417 e. The maximum Gasteiger partial charge on any atom is 0.0417 e. The van der Waals surface area contributed by atoms with Crippen LogP contribution in [0.25, 0.3) is 0 Å². The number of nitrogens with two attached hydrogens (primary N) is 1. The van der Waals surface area contributed by atoms with Crippen molar-refractivity contribution in [3.05, 3.63) is 28.8 Å². The number of halogens is 1. The molecule has 1 aromatic rings. The summed E-state index contributed by atoms with van der Waals surface area (Å²) in [4.78, 5) is 1.34. The molecule has 1 aromatic carbocycles. The lowest BCUT2D eigenvalue weighted by molar-refractivity contribution is 0.394. The van der Waals surface area contributed by atoms with E-state index in [0.717, 1.165) is 22.6 Å². The van der Waals surface area contributed by atoms with E-state index < -0.39 is 0 Å². The second-order valence-electron chi connectivity index (χ2n) is 5.95. The third kappa shape index (κ3) is 4.70. The van der Waals surface area contributed by atoms with Crippen molar-refractivity contribution >= 4 is 23.4 Å². The van der Waals surface area contributed by atoms with Crippen LogP contribution in [0.2, 0.25) is 5.02 Å². The topological polar surface area (TPSA) is 26.0 Å². The normalized spacial score (nSPS) is 25.3. The Balaban J connectivity index is 2.10. The molecule has 3 unspecified atom stereocenters. The van der Waals surface area contributed by atoms with Crippen LogP contribution in [0.4, 0.5) is 0 Å². The van der Waals surface area contributed by atoms with E-state index in [-0.39, 0.29) is 6.04 Å². The van der Waals surface area contributed by atoms with Crippen molar-refractivity contribution in [2.24, 2.45) is 11.7 Å². The second-order valence-corrected chi connectivity index (χ2v) is 7.72. The molecule has 1 fully saturated rings. The standard InChI is InChI=1S/C16H24ClNS/c1-11-4-3-5-15(8-11)19-16-10-14(17)7-6-13(16)9-12(2)18/h6-7,10-12,15H,3-5,8-9,18H2,1-2H3. The number of hydrogen-bond donors (Lipinski definition) is 1. The van der Waals surface area contributed by atoms with Crippen LogP contribution >= 0.6 is 23.4 Å². The molecule has 1 saturated carbocycles. The molecule has 3 atom stereocenters. The molecule has 0 spiro atoms. The predicted octanol–water partition coefficient (Wildman–Crippen LogP) is 4.90. The molecule has 19 heavy (non-hydrogen) atoms. The summed E-state index contributed by atoms with van der Waals surface area (Å²) < 4.78 is 0. The molecule has 0 aromatic heterocycles. The van der Waals surface area contributed by atoms with E-state index in [1.807, 2.05) is 17.8 Å². The van der Waals surface area contributed by atoms with Crippen molar-refractivity contribution in [1.29, 1.82) is 0 Å². The molecule has 0 radical (unpaired) electrons. The average molecular weight is 298 g/mol. The monoisotopic (exact) mass is 297 g/mol. The highest BCUT2D eigenvalue weighted by molar-refractivity contribution is 8.00.